The van der Waals surface area contributed by atoms with Crippen molar-refractivity contribution >= 4 is 5.69 Å². The molecule has 102 valence electrons. The third-order valence-electron chi connectivity index (χ3n) is 3.15. The van der Waals surface area contributed by atoms with Gasteiger partial charge in [0.15, 0.2) is 5.82 Å². The molecule has 0 aliphatic carbocycles. The molecule has 0 atom stereocenters. The second kappa shape index (κ2) is 5.16. The smallest absolute Gasteiger partial charge is 0.238 e. The molecule has 2 heterocycles. The van der Waals surface area contributed by atoms with Crippen LogP contribution in [0.2, 0.25) is 0 Å². The van der Waals surface area contributed by atoms with E-state index in [4.69, 9.17) is 10.3 Å². The molecule has 2 aromatic heterocycles. The monoisotopic (exact) mass is 269 g/mol. The molecule has 3 aromatic rings. The number of aromatic nitrogens is 4. The van der Waals surface area contributed by atoms with E-state index in [1.54, 1.807) is 6.20 Å². The highest BCUT2D eigenvalue weighted by molar-refractivity contribution is 5.46. The molecule has 1 aromatic carbocycles. The number of anilines is 1. The summed E-state index contributed by atoms with van der Waals surface area (Å²) in [7, 11) is 1.89. The van der Waals surface area contributed by atoms with Crippen LogP contribution in [0.5, 0.6) is 0 Å². The molecule has 0 radical (unpaired) electrons. The number of benzene rings is 1. The molecule has 3 rings (SSSR count). The van der Waals surface area contributed by atoms with Crippen LogP contribution in [-0.4, -0.2) is 19.7 Å². The molecule has 0 spiro atoms. The van der Waals surface area contributed by atoms with Gasteiger partial charge in [0.2, 0.25) is 11.7 Å². The third kappa shape index (κ3) is 2.40. The number of aryl methyl sites for hydroxylation is 3. The maximum Gasteiger partial charge on any atom is 0.238 e. The summed E-state index contributed by atoms with van der Waals surface area (Å²) in [4.78, 5) is 8.55. The summed E-state index contributed by atoms with van der Waals surface area (Å²) in [5.41, 5.74) is 7.78. The molecule has 0 aliphatic rings. The quantitative estimate of drug-likeness (QED) is 0.731. The summed E-state index contributed by atoms with van der Waals surface area (Å²) >= 11 is 0. The van der Waals surface area contributed by atoms with Gasteiger partial charge >= 0.3 is 0 Å². The molecule has 2 N–H and O–H groups in total. The first-order valence-electron chi connectivity index (χ1n) is 6.37. The first kappa shape index (κ1) is 12.4. The lowest BCUT2D eigenvalue weighted by molar-refractivity contribution is 0.378. The van der Waals surface area contributed by atoms with Crippen LogP contribution >= 0.6 is 0 Å². The van der Waals surface area contributed by atoms with Crippen molar-refractivity contribution in [3.05, 3.63) is 48.1 Å². The molecule has 6 heteroatoms. The predicted octanol–water partition coefficient (Wildman–Crippen LogP) is 1.84. The van der Waals surface area contributed by atoms with Crippen LogP contribution in [0, 0.1) is 0 Å². The SMILES string of the molecule is Cn1ccnc1-c1noc(CCc2ccccc2N)n1. The number of nitrogens with zero attached hydrogens (tertiary/aromatic N) is 4. The van der Waals surface area contributed by atoms with Crippen molar-refractivity contribution in [1.82, 2.24) is 19.7 Å². The minimum Gasteiger partial charge on any atom is -0.399 e. The van der Waals surface area contributed by atoms with Crippen LogP contribution in [-0.2, 0) is 19.9 Å². The van der Waals surface area contributed by atoms with Gasteiger partial charge in [-0.1, -0.05) is 23.4 Å². The van der Waals surface area contributed by atoms with E-state index in [0.29, 0.717) is 24.0 Å². The third-order valence-corrected chi connectivity index (χ3v) is 3.15. The molecular formula is C14H15N5O. The lowest BCUT2D eigenvalue weighted by Crippen LogP contribution is -1.97. The average Bonchev–Trinajstić information content (AvgIpc) is 3.06. The van der Waals surface area contributed by atoms with Crippen LogP contribution in [0.15, 0.2) is 41.2 Å². The van der Waals surface area contributed by atoms with Crippen molar-refractivity contribution in [2.75, 3.05) is 5.73 Å². The molecule has 0 fully saturated rings. The Hall–Kier alpha value is -2.63. The van der Waals surface area contributed by atoms with Crippen molar-refractivity contribution in [2.24, 2.45) is 7.05 Å². The number of nitrogen functional groups attached to an aromatic ring is 1. The Balaban J connectivity index is 1.72. The van der Waals surface area contributed by atoms with E-state index in [0.717, 1.165) is 17.7 Å². The summed E-state index contributed by atoms with van der Waals surface area (Å²) in [6.07, 6.45) is 4.98. The van der Waals surface area contributed by atoms with Crippen molar-refractivity contribution in [2.45, 2.75) is 12.8 Å². The van der Waals surface area contributed by atoms with Gasteiger partial charge in [0.1, 0.15) is 0 Å². The highest BCUT2D eigenvalue weighted by Gasteiger charge is 2.12. The Kier molecular flexibility index (Phi) is 3.20. The van der Waals surface area contributed by atoms with Crippen molar-refractivity contribution in [3.63, 3.8) is 0 Å². The van der Waals surface area contributed by atoms with E-state index in [9.17, 15) is 0 Å². The van der Waals surface area contributed by atoms with Crippen LogP contribution in [0.4, 0.5) is 5.69 Å². The fourth-order valence-corrected chi connectivity index (χ4v) is 2.03. The van der Waals surface area contributed by atoms with Gasteiger partial charge in [-0.15, -0.1) is 0 Å². The Bertz CT molecular complexity index is 716. The minimum atomic E-state index is 0.508. The lowest BCUT2D eigenvalue weighted by Gasteiger charge is -2.02. The van der Waals surface area contributed by atoms with Gasteiger partial charge in [-0.2, -0.15) is 4.98 Å². The van der Waals surface area contributed by atoms with E-state index in [2.05, 4.69) is 15.1 Å². The number of imidazole rings is 1. The average molecular weight is 269 g/mol. The zero-order valence-corrected chi connectivity index (χ0v) is 11.2. The summed E-state index contributed by atoms with van der Waals surface area (Å²) < 4.78 is 7.10. The molecule has 20 heavy (non-hydrogen) atoms. The number of hydrogen-bond donors (Lipinski definition) is 1. The summed E-state index contributed by atoms with van der Waals surface area (Å²) in [6.45, 7) is 0. The van der Waals surface area contributed by atoms with Gasteiger partial charge in [-0.25, -0.2) is 4.98 Å². The molecule has 0 amide bonds. The summed E-state index contributed by atoms with van der Waals surface area (Å²) in [5, 5.41) is 3.95. The van der Waals surface area contributed by atoms with Crippen molar-refractivity contribution in [3.8, 4) is 11.6 Å². The first-order chi connectivity index (χ1) is 9.74. The van der Waals surface area contributed by atoms with Gasteiger partial charge < -0.3 is 14.8 Å². The second-order valence-corrected chi connectivity index (χ2v) is 4.57. The number of nitrogens with two attached hydrogens (primary N) is 1. The van der Waals surface area contributed by atoms with Gasteiger partial charge in [0.25, 0.3) is 0 Å². The number of hydrogen-bond acceptors (Lipinski definition) is 5. The van der Waals surface area contributed by atoms with E-state index >= 15 is 0 Å². The van der Waals surface area contributed by atoms with Gasteiger partial charge in [-0.3, -0.25) is 0 Å². The van der Waals surface area contributed by atoms with Crippen LogP contribution in [0.1, 0.15) is 11.5 Å². The normalized spacial score (nSPS) is 10.8. The van der Waals surface area contributed by atoms with Gasteiger partial charge in [0, 0.05) is 31.5 Å². The first-order valence-corrected chi connectivity index (χ1v) is 6.37. The molecule has 0 aliphatic heterocycles. The van der Waals surface area contributed by atoms with E-state index in [1.807, 2.05) is 42.1 Å². The molecule has 0 unspecified atom stereocenters. The van der Waals surface area contributed by atoms with Crippen molar-refractivity contribution in [1.29, 1.82) is 0 Å². The topological polar surface area (TPSA) is 82.8 Å². The Morgan fingerprint density at radius 1 is 1.25 bits per heavy atom. The maximum absolute atomic E-state index is 5.91. The summed E-state index contributed by atoms with van der Waals surface area (Å²) in [5.74, 6) is 1.79. The fourth-order valence-electron chi connectivity index (χ4n) is 2.03. The van der Waals surface area contributed by atoms with Crippen molar-refractivity contribution < 1.29 is 4.52 Å². The molecule has 6 nitrogen and oxygen atoms in total. The number of para-hydroxylation sites is 1. The standard InChI is InChI=1S/C14H15N5O/c1-19-9-8-16-14(19)13-17-12(20-18-13)7-6-10-4-2-3-5-11(10)15/h2-5,8-9H,6-7,15H2,1H3. The largest absolute Gasteiger partial charge is 0.399 e. The molecule has 0 saturated carbocycles. The zero-order valence-electron chi connectivity index (χ0n) is 11.2. The zero-order chi connectivity index (χ0) is 13.9. The van der Waals surface area contributed by atoms with E-state index < -0.39 is 0 Å². The van der Waals surface area contributed by atoms with E-state index in [-0.39, 0.29) is 0 Å². The Morgan fingerprint density at radius 3 is 2.85 bits per heavy atom. The maximum atomic E-state index is 5.91. The Labute approximate surface area is 116 Å². The number of rotatable bonds is 4. The highest BCUT2D eigenvalue weighted by atomic mass is 16.5. The van der Waals surface area contributed by atoms with Crippen LogP contribution < -0.4 is 5.73 Å². The van der Waals surface area contributed by atoms with Gasteiger partial charge in [0.05, 0.1) is 0 Å². The van der Waals surface area contributed by atoms with E-state index in [1.165, 1.54) is 0 Å². The Morgan fingerprint density at radius 2 is 2.10 bits per heavy atom. The lowest BCUT2D eigenvalue weighted by atomic mass is 10.1. The van der Waals surface area contributed by atoms with Crippen LogP contribution in [0.3, 0.4) is 0 Å². The second-order valence-electron chi connectivity index (χ2n) is 4.57. The predicted molar refractivity (Wildman–Crippen MR) is 74.8 cm³/mol. The highest BCUT2D eigenvalue weighted by Crippen LogP contribution is 2.16. The molecular weight excluding hydrogens is 254 g/mol. The van der Waals surface area contributed by atoms with Crippen LogP contribution in [0.25, 0.3) is 11.6 Å². The molecule has 0 saturated heterocycles. The molecule has 0 bridgehead atoms. The minimum absolute atomic E-state index is 0.508. The summed E-state index contributed by atoms with van der Waals surface area (Å²) in [6, 6.07) is 7.79. The van der Waals surface area contributed by atoms with Gasteiger partial charge in [-0.05, 0) is 18.1 Å². The fraction of sp³-hybridized carbons (Fsp3) is 0.214.